The molecule has 0 unspecified atom stereocenters. The number of hydrogen-bond acceptors (Lipinski definition) is 5. The second-order valence-corrected chi connectivity index (χ2v) is 5.15. The van der Waals surface area contributed by atoms with E-state index in [4.69, 9.17) is 16.3 Å². The first-order valence-corrected chi connectivity index (χ1v) is 7.44. The fraction of sp³-hybridized carbons (Fsp3) is 0.188. The summed E-state index contributed by atoms with van der Waals surface area (Å²) in [6.07, 6.45) is 2.28. The Morgan fingerprint density at radius 3 is 2.87 bits per heavy atom. The molecular formula is C16H16ClN3O3. The quantitative estimate of drug-likeness (QED) is 0.460. The molecule has 0 aliphatic rings. The van der Waals surface area contributed by atoms with Gasteiger partial charge in [-0.1, -0.05) is 24.6 Å². The molecule has 0 aromatic heterocycles. The van der Waals surface area contributed by atoms with E-state index >= 15 is 0 Å². The van der Waals surface area contributed by atoms with Gasteiger partial charge in [-0.05, 0) is 36.8 Å². The molecule has 2 aromatic carbocycles. The maximum absolute atomic E-state index is 11.1. The zero-order chi connectivity index (χ0) is 16.7. The van der Waals surface area contributed by atoms with Crippen molar-refractivity contribution in [2.75, 3.05) is 12.0 Å². The average molecular weight is 334 g/mol. The van der Waals surface area contributed by atoms with Gasteiger partial charge in [-0.15, -0.1) is 0 Å². The van der Waals surface area contributed by atoms with E-state index in [0.717, 1.165) is 12.1 Å². The molecule has 0 aliphatic heterocycles. The van der Waals surface area contributed by atoms with Crippen LogP contribution in [-0.2, 0) is 0 Å². The molecule has 0 aliphatic carbocycles. The molecule has 0 atom stereocenters. The normalized spacial score (nSPS) is 10.7. The Morgan fingerprint density at radius 1 is 1.35 bits per heavy atom. The third kappa shape index (κ3) is 4.96. The van der Waals surface area contributed by atoms with Crippen molar-refractivity contribution >= 4 is 29.2 Å². The number of nitro groups is 1. The monoisotopic (exact) mass is 333 g/mol. The number of ether oxygens (including phenoxy) is 1. The number of benzene rings is 2. The van der Waals surface area contributed by atoms with Gasteiger partial charge < -0.3 is 4.74 Å². The molecule has 0 heterocycles. The van der Waals surface area contributed by atoms with Crippen LogP contribution in [0.1, 0.15) is 18.9 Å². The fourth-order valence-corrected chi connectivity index (χ4v) is 2.02. The zero-order valence-electron chi connectivity index (χ0n) is 12.5. The molecule has 120 valence electrons. The summed E-state index contributed by atoms with van der Waals surface area (Å²) in [5.41, 5.74) is 4.06. The number of halogens is 1. The van der Waals surface area contributed by atoms with Crippen molar-refractivity contribution in [1.82, 2.24) is 0 Å². The summed E-state index contributed by atoms with van der Waals surface area (Å²) in [6.45, 7) is 2.37. The first kappa shape index (κ1) is 16.8. The average Bonchev–Trinajstić information content (AvgIpc) is 2.53. The van der Waals surface area contributed by atoms with Gasteiger partial charge >= 0.3 is 5.69 Å². The smallest absolute Gasteiger partial charge is 0.311 e. The molecule has 0 amide bonds. The van der Waals surface area contributed by atoms with Gasteiger partial charge in [-0.2, -0.15) is 5.10 Å². The van der Waals surface area contributed by atoms with Gasteiger partial charge in [0, 0.05) is 16.7 Å². The largest absolute Gasteiger partial charge is 0.487 e. The summed E-state index contributed by atoms with van der Waals surface area (Å²) in [4.78, 5) is 10.7. The van der Waals surface area contributed by atoms with E-state index in [1.807, 2.05) is 13.0 Å². The van der Waals surface area contributed by atoms with E-state index in [2.05, 4.69) is 10.5 Å². The van der Waals surface area contributed by atoms with Crippen LogP contribution in [0, 0.1) is 10.1 Å². The first-order valence-electron chi connectivity index (χ1n) is 7.06. The summed E-state index contributed by atoms with van der Waals surface area (Å²) in [6, 6.07) is 11.8. The van der Waals surface area contributed by atoms with Crippen LogP contribution >= 0.6 is 11.6 Å². The number of anilines is 1. The molecule has 23 heavy (non-hydrogen) atoms. The van der Waals surface area contributed by atoms with Gasteiger partial charge in [0.05, 0.1) is 23.4 Å². The SMILES string of the molecule is CCCOc1ccc(C=NNc2cccc(Cl)c2)cc1[N+](=O)[O-]. The minimum atomic E-state index is -0.466. The fourth-order valence-electron chi connectivity index (χ4n) is 1.83. The van der Waals surface area contributed by atoms with E-state index in [1.54, 1.807) is 30.3 Å². The topological polar surface area (TPSA) is 76.8 Å². The van der Waals surface area contributed by atoms with Crippen molar-refractivity contribution in [3.8, 4) is 5.75 Å². The third-order valence-electron chi connectivity index (χ3n) is 2.87. The van der Waals surface area contributed by atoms with Crippen LogP contribution < -0.4 is 10.2 Å². The Morgan fingerprint density at radius 2 is 2.17 bits per heavy atom. The van der Waals surface area contributed by atoms with E-state index in [0.29, 0.717) is 17.2 Å². The van der Waals surface area contributed by atoms with E-state index in [-0.39, 0.29) is 11.4 Å². The molecule has 6 nitrogen and oxygen atoms in total. The lowest BCUT2D eigenvalue weighted by atomic mass is 10.2. The molecule has 2 rings (SSSR count). The van der Waals surface area contributed by atoms with Crippen LogP contribution in [0.15, 0.2) is 47.6 Å². The van der Waals surface area contributed by atoms with Crippen molar-refractivity contribution in [3.63, 3.8) is 0 Å². The van der Waals surface area contributed by atoms with Gasteiger partial charge in [0.2, 0.25) is 0 Å². The summed E-state index contributed by atoms with van der Waals surface area (Å²) in [5.74, 6) is 0.261. The number of nitrogens with one attached hydrogen (secondary N) is 1. The molecule has 0 radical (unpaired) electrons. The summed E-state index contributed by atoms with van der Waals surface area (Å²) in [7, 11) is 0. The Labute approximate surface area is 138 Å². The predicted molar refractivity (Wildman–Crippen MR) is 91.6 cm³/mol. The minimum Gasteiger partial charge on any atom is -0.487 e. The second-order valence-electron chi connectivity index (χ2n) is 4.71. The molecule has 7 heteroatoms. The molecule has 0 bridgehead atoms. The molecule has 0 saturated carbocycles. The van der Waals surface area contributed by atoms with Gasteiger partial charge in [-0.3, -0.25) is 15.5 Å². The van der Waals surface area contributed by atoms with E-state index in [1.165, 1.54) is 12.3 Å². The zero-order valence-corrected chi connectivity index (χ0v) is 13.3. The molecule has 0 spiro atoms. The highest BCUT2D eigenvalue weighted by Crippen LogP contribution is 2.27. The highest BCUT2D eigenvalue weighted by Gasteiger charge is 2.15. The van der Waals surface area contributed by atoms with Gasteiger partial charge in [-0.25, -0.2) is 0 Å². The van der Waals surface area contributed by atoms with Gasteiger partial charge in [0.25, 0.3) is 0 Å². The van der Waals surface area contributed by atoms with E-state index < -0.39 is 4.92 Å². The molecule has 2 aromatic rings. The maximum atomic E-state index is 11.1. The highest BCUT2D eigenvalue weighted by molar-refractivity contribution is 6.30. The van der Waals surface area contributed by atoms with Crippen LogP contribution in [0.3, 0.4) is 0 Å². The van der Waals surface area contributed by atoms with Gasteiger partial charge in [0.15, 0.2) is 5.75 Å². The predicted octanol–water partition coefficient (Wildman–Crippen LogP) is 4.48. The standard InChI is InChI=1S/C16H16ClN3O3/c1-2-8-23-16-7-6-12(9-15(16)20(21)22)11-18-19-14-5-3-4-13(17)10-14/h3-7,9-11,19H,2,8H2,1H3. The maximum Gasteiger partial charge on any atom is 0.311 e. The Bertz CT molecular complexity index is 719. The van der Waals surface area contributed by atoms with Crippen LogP contribution in [0.4, 0.5) is 11.4 Å². The molecular weight excluding hydrogens is 318 g/mol. The first-order chi connectivity index (χ1) is 11.1. The van der Waals surface area contributed by atoms with Crippen LogP contribution in [-0.4, -0.2) is 17.7 Å². The summed E-state index contributed by atoms with van der Waals surface area (Å²) in [5, 5.41) is 15.8. The van der Waals surface area contributed by atoms with E-state index in [9.17, 15) is 10.1 Å². The Kier molecular flexibility index (Phi) is 5.94. The molecule has 1 N–H and O–H groups in total. The van der Waals surface area contributed by atoms with Crippen molar-refractivity contribution in [2.45, 2.75) is 13.3 Å². The second kappa shape index (κ2) is 8.14. The molecule has 0 saturated heterocycles. The Balaban J connectivity index is 2.12. The number of nitro benzene ring substituents is 1. The van der Waals surface area contributed by atoms with Crippen LogP contribution in [0.2, 0.25) is 5.02 Å². The summed E-state index contributed by atoms with van der Waals surface area (Å²) >= 11 is 5.87. The lowest BCUT2D eigenvalue weighted by molar-refractivity contribution is -0.385. The lowest BCUT2D eigenvalue weighted by Crippen LogP contribution is -2.00. The van der Waals surface area contributed by atoms with Crippen LogP contribution in [0.25, 0.3) is 0 Å². The van der Waals surface area contributed by atoms with Crippen LogP contribution in [0.5, 0.6) is 5.75 Å². The highest BCUT2D eigenvalue weighted by atomic mass is 35.5. The number of hydrazone groups is 1. The summed E-state index contributed by atoms with van der Waals surface area (Å²) < 4.78 is 5.37. The number of hydrogen-bond donors (Lipinski definition) is 1. The number of nitrogens with zero attached hydrogens (tertiary/aromatic N) is 2. The number of rotatable bonds is 7. The minimum absolute atomic E-state index is 0.0786. The van der Waals surface area contributed by atoms with Crippen molar-refractivity contribution in [1.29, 1.82) is 0 Å². The lowest BCUT2D eigenvalue weighted by Gasteiger charge is -2.05. The van der Waals surface area contributed by atoms with Gasteiger partial charge in [0.1, 0.15) is 0 Å². The molecule has 0 fully saturated rings. The van der Waals surface area contributed by atoms with Crippen molar-refractivity contribution in [3.05, 3.63) is 63.2 Å². The van der Waals surface area contributed by atoms with Crippen molar-refractivity contribution in [2.24, 2.45) is 5.10 Å². The van der Waals surface area contributed by atoms with Crippen molar-refractivity contribution < 1.29 is 9.66 Å². The Hall–Kier alpha value is -2.60. The third-order valence-corrected chi connectivity index (χ3v) is 3.11.